The molecule has 0 aromatic heterocycles. The number of hydrogen-bond acceptors (Lipinski definition) is 2. The molecule has 0 spiro atoms. The van der Waals surface area contributed by atoms with E-state index in [1.807, 2.05) is 0 Å². The van der Waals surface area contributed by atoms with Crippen molar-refractivity contribution in [1.82, 2.24) is 9.44 Å². The zero-order valence-electron chi connectivity index (χ0n) is 3.53. The first-order valence-corrected chi connectivity index (χ1v) is 3.30. The van der Waals surface area contributed by atoms with Gasteiger partial charge in [0.15, 0.2) is 0 Å². The molecule has 1 fully saturated rings. The number of hydrogen-bond donors (Lipinski definition) is 2. The van der Waals surface area contributed by atoms with Gasteiger partial charge in [0.25, 0.3) is 0 Å². The fourth-order valence-electron chi connectivity index (χ4n) is 0.399. The van der Waals surface area contributed by atoms with Gasteiger partial charge in [-0.15, -0.1) is 0 Å². The molecule has 0 unspecified atom stereocenters. The Hall–Kier alpha value is 0.140. The summed E-state index contributed by atoms with van der Waals surface area (Å²) in [5.41, 5.74) is 0. The zero-order valence-corrected chi connectivity index (χ0v) is 4.35. The van der Waals surface area contributed by atoms with Gasteiger partial charge in [-0.2, -0.15) is 0 Å². The molecule has 0 atom stereocenters. The van der Waals surface area contributed by atoms with Gasteiger partial charge in [-0.05, 0) is 5.87 Å². The first kappa shape index (κ1) is 4.30. The predicted octanol–water partition coefficient (Wildman–Crippen LogP) is -0.290. The van der Waals surface area contributed by atoms with Gasteiger partial charge in [0.05, 0.1) is 0 Å². The zero-order chi connectivity index (χ0) is 4.41. The normalized spacial score (nSPS) is 25.3. The molecule has 1 rings (SSSR count). The topological polar surface area (TPSA) is 24.1 Å². The fourth-order valence-corrected chi connectivity index (χ4v) is 1.20. The van der Waals surface area contributed by atoms with E-state index in [-0.39, 0.29) is 10.9 Å². The summed E-state index contributed by atoms with van der Waals surface area (Å²) in [5, 5.41) is 0. The van der Waals surface area contributed by atoms with E-state index in [1.165, 1.54) is 0 Å². The van der Waals surface area contributed by atoms with Gasteiger partial charge in [-0.3, -0.25) is 9.44 Å². The highest BCUT2D eigenvalue weighted by Gasteiger charge is 1.95. The van der Waals surface area contributed by atoms with Crippen LogP contribution < -0.4 is 9.44 Å². The van der Waals surface area contributed by atoms with Crippen LogP contribution in [0.1, 0.15) is 0 Å². The summed E-state index contributed by atoms with van der Waals surface area (Å²) >= 11 is 0. The quantitative estimate of drug-likeness (QED) is 0.413. The van der Waals surface area contributed by atoms with Gasteiger partial charge >= 0.3 is 0 Å². The average Bonchev–Trinajstić information content (AvgIpc) is 1.86. The minimum absolute atomic E-state index is 0.0772. The van der Waals surface area contributed by atoms with Crippen molar-refractivity contribution in [2.24, 2.45) is 0 Å². The van der Waals surface area contributed by atoms with Crippen molar-refractivity contribution in [3.63, 3.8) is 0 Å². The van der Waals surface area contributed by atoms with Crippen molar-refractivity contribution in [2.45, 2.75) is 0 Å². The summed E-state index contributed by atoms with van der Waals surface area (Å²) in [4.78, 5) is 0. The SMILES string of the molecule is C=S1NCCN1. The maximum Gasteiger partial charge on any atom is 0.0200 e. The summed E-state index contributed by atoms with van der Waals surface area (Å²) < 4.78 is 6.25. The minimum Gasteiger partial charge on any atom is -0.257 e. The third-order valence-electron chi connectivity index (χ3n) is 0.678. The van der Waals surface area contributed by atoms with Gasteiger partial charge in [-0.1, -0.05) is 10.9 Å². The monoisotopic (exact) mass is 104 g/mol. The van der Waals surface area contributed by atoms with E-state index >= 15 is 0 Å². The molecule has 6 heavy (non-hydrogen) atoms. The molecule has 0 radical (unpaired) electrons. The molecule has 3 heteroatoms. The maximum absolute atomic E-state index is 3.74. The molecule has 1 saturated heterocycles. The molecule has 0 aromatic carbocycles. The Balaban J connectivity index is 2.37. The molecule has 2 nitrogen and oxygen atoms in total. The van der Waals surface area contributed by atoms with E-state index in [0.29, 0.717) is 0 Å². The van der Waals surface area contributed by atoms with Crippen LogP contribution in [0.2, 0.25) is 0 Å². The van der Waals surface area contributed by atoms with Gasteiger partial charge in [0, 0.05) is 13.1 Å². The van der Waals surface area contributed by atoms with Gasteiger partial charge in [0.1, 0.15) is 0 Å². The van der Waals surface area contributed by atoms with E-state index in [1.54, 1.807) is 0 Å². The van der Waals surface area contributed by atoms with Gasteiger partial charge in [0.2, 0.25) is 0 Å². The second-order valence-corrected chi connectivity index (χ2v) is 2.54. The lowest BCUT2D eigenvalue weighted by atomic mass is 10.7. The van der Waals surface area contributed by atoms with Crippen LogP contribution in [0.4, 0.5) is 0 Å². The lowest BCUT2D eigenvalue weighted by Crippen LogP contribution is -1.99. The van der Waals surface area contributed by atoms with E-state index in [2.05, 4.69) is 15.3 Å². The molecular weight excluding hydrogens is 96.1 g/mol. The number of rotatable bonds is 0. The van der Waals surface area contributed by atoms with Crippen molar-refractivity contribution in [1.29, 1.82) is 0 Å². The Kier molecular flexibility index (Phi) is 1.24. The Morgan fingerprint density at radius 2 is 1.83 bits per heavy atom. The van der Waals surface area contributed by atoms with Crippen LogP contribution in [0, 0.1) is 0 Å². The smallest absolute Gasteiger partial charge is 0.0200 e. The molecular formula is C3H8N2S. The third-order valence-corrected chi connectivity index (χ3v) is 1.78. The predicted molar refractivity (Wildman–Crippen MR) is 30.7 cm³/mol. The average molecular weight is 104 g/mol. The van der Waals surface area contributed by atoms with Crippen LogP contribution in [0.3, 0.4) is 0 Å². The van der Waals surface area contributed by atoms with Crippen molar-refractivity contribution < 1.29 is 0 Å². The first-order chi connectivity index (χ1) is 2.89. The molecule has 0 amide bonds. The molecule has 0 aliphatic carbocycles. The highest BCUT2D eigenvalue weighted by Crippen LogP contribution is 1.97. The van der Waals surface area contributed by atoms with E-state index in [4.69, 9.17) is 0 Å². The highest BCUT2D eigenvalue weighted by atomic mass is 32.2. The Bertz CT molecular complexity index is 63.2. The fraction of sp³-hybridized carbons (Fsp3) is 0.667. The van der Waals surface area contributed by atoms with Crippen LogP contribution in [0.5, 0.6) is 0 Å². The lowest BCUT2D eigenvalue weighted by molar-refractivity contribution is 0.942. The van der Waals surface area contributed by atoms with Crippen LogP contribution >= 0.6 is 10.9 Å². The molecule has 0 bridgehead atoms. The molecule has 0 aromatic rings. The molecule has 1 aliphatic rings. The summed E-state index contributed by atoms with van der Waals surface area (Å²) in [6.45, 7) is 2.15. The standard InChI is InChI=1S/C3H8N2S/c1-6-4-2-3-5-6/h4-5H,1-3H2. The summed E-state index contributed by atoms with van der Waals surface area (Å²) in [6, 6.07) is 0. The van der Waals surface area contributed by atoms with Crippen LogP contribution in [0.25, 0.3) is 0 Å². The van der Waals surface area contributed by atoms with Crippen LogP contribution in [-0.2, 0) is 0 Å². The van der Waals surface area contributed by atoms with Gasteiger partial charge in [-0.25, -0.2) is 0 Å². The largest absolute Gasteiger partial charge is 0.257 e. The van der Waals surface area contributed by atoms with Crippen molar-refractivity contribution in [3.05, 3.63) is 0 Å². The third kappa shape index (κ3) is 0.801. The molecule has 0 saturated carbocycles. The van der Waals surface area contributed by atoms with E-state index in [0.717, 1.165) is 13.1 Å². The number of nitrogens with one attached hydrogen (secondary N) is 2. The Morgan fingerprint density at radius 3 is 2.00 bits per heavy atom. The second kappa shape index (κ2) is 1.73. The Morgan fingerprint density at radius 1 is 1.33 bits per heavy atom. The first-order valence-electron chi connectivity index (χ1n) is 1.90. The minimum atomic E-state index is 0.0772. The maximum atomic E-state index is 3.74. The summed E-state index contributed by atoms with van der Waals surface area (Å²) in [6.07, 6.45) is 0. The molecule has 1 aliphatic heterocycles. The molecule has 1 heterocycles. The van der Waals surface area contributed by atoms with Crippen LogP contribution in [0.15, 0.2) is 0 Å². The summed E-state index contributed by atoms with van der Waals surface area (Å²) in [5.74, 6) is 3.74. The lowest BCUT2D eigenvalue weighted by Gasteiger charge is -1.89. The van der Waals surface area contributed by atoms with Crippen molar-refractivity contribution >= 4 is 16.7 Å². The summed E-state index contributed by atoms with van der Waals surface area (Å²) in [7, 11) is 0.0772. The van der Waals surface area contributed by atoms with E-state index in [9.17, 15) is 0 Å². The van der Waals surface area contributed by atoms with Crippen molar-refractivity contribution in [3.8, 4) is 0 Å². The van der Waals surface area contributed by atoms with Gasteiger partial charge < -0.3 is 0 Å². The van der Waals surface area contributed by atoms with Crippen molar-refractivity contribution in [2.75, 3.05) is 13.1 Å². The highest BCUT2D eigenvalue weighted by molar-refractivity contribution is 8.10. The molecule has 2 N–H and O–H groups in total. The van der Waals surface area contributed by atoms with Crippen LogP contribution in [-0.4, -0.2) is 19.0 Å². The second-order valence-electron chi connectivity index (χ2n) is 1.18. The Labute approximate surface area is 40.1 Å². The molecule has 36 valence electrons. The van der Waals surface area contributed by atoms with E-state index < -0.39 is 0 Å².